The highest BCUT2D eigenvalue weighted by atomic mass is 16.4. The van der Waals surface area contributed by atoms with Crippen molar-refractivity contribution in [1.29, 1.82) is 0 Å². The van der Waals surface area contributed by atoms with Crippen LogP contribution in [0.3, 0.4) is 0 Å². The molecular weight excluding hydrogens is 356 g/mol. The van der Waals surface area contributed by atoms with E-state index in [0.29, 0.717) is 19.5 Å². The molecule has 1 saturated heterocycles. The summed E-state index contributed by atoms with van der Waals surface area (Å²) >= 11 is 0. The molecule has 3 rings (SSSR count). The molecule has 0 saturated carbocycles. The molecule has 1 aromatic heterocycles. The summed E-state index contributed by atoms with van der Waals surface area (Å²) in [7, 11) is 0. The molecular formula is C21H28N4O3. The highest BCUT2D eigenvalue weighted by molar-refractivity contribution is 5.76. The highest BCUT2D eigenvalue weighted by Crippen LogP contribution is 2.21. The predicted octanol–water partition coefficient (Wildman–Crippen LogP) is 2.77. The number of piperidine rings is 1. The van der Waals surface area contributed by atoms with Gasteiger partial charge in [0.2, 0.25) is 0 Å². The number of aromatic nitrogens is 2. The molecule has 1 aliphatic rings. The number of urea groups is 1. The number of rotatable bonds is 7. The van der Waals surface area contributed by atoms with Crippen molar-refractivity contribution in [1.82, 2.24) is 19.8 Å². The van der Waals surface area contributed by atoms with Crippen LogP contribution in [0.5, 0.6) is 0 Å². The summed E-state index contributed by atoms with van der Waals surface area (Å²) in [6.07, 6.45) is 6.27. The lowest BCUT2D eigenvalue weighted by atomic mass is 9.91. The number of aryl methyl sites for hydroxylation is 2. The summed E-state index contributed by atoms with van der Waals surface area (Å²) in [5, 5.41) is 12.2. The van der Waals surface area contributed by atoms with E-state index in [1.807, 2.05) is 31.3 Å². The van der Waals surface area contributed by atoms with Crippen molar-refractivity contribution in [3.63, 3.8) is 0 Å². The van der Waals surface area contributed by atoms with Crippen LogP contribution < -0.4 is 5.32 Å². The fourth-order valence-corrected chi connectivity index (χ4v) is 3.77. The summed E-state index contributed by atoms with van der Waals surface area (Å²) in [5.74, 6) is -0.338. The zero-order valence-electron chi connectivity index (χ0n) is 16.3. The van der Waals surface area contributed by atoms with Crippen LogP contribution in [-0.2, 0) is 24.3 Å². The van der Waals surface area contributed by atoms with Gasteiger partial charge in [-0.3, -0.25) is 4.79 Å². The number of nitrogens with one attached hydrogen (secondary N) is 1. The summed E-state index contributed by atoms with van der Waals surface area (Å²) in [6, 6.07) is 10.1. The molecule has 7 heteroatoms. The van der Waals surface area contributed by atoms with E-state index in [0.717, 1.165) is 25.2 Å². The standard InChI is InChI=1S/C21H28N4O3/c1-16-12-18(20(26)27)15-25(14-16)21(28)23-13-19-22-9-11-24(19)10-5-8-17-6-3-2-4-7-17/h2-4,6-7,9,11,16,18H,5,8,10,12-15H2,1H3,(H,23,28)(H,26,27). The van der Waals surface area contributed by atoms with Crippen LogP contribution in [-0.4, -0.2) is 44.6 Å². The number of carboxylic acids is 1. The zero-order chi connectivity index (χ0) is 19.9. The van der Waals surface area contributed by atoms with Crippen LogP contribution in [0.25, 0.3) is 0 Å². The van der Waals surface area contributed by atoms with Gasteiger partial charge in [0, 0.05) is 32.0 Å². The van der Waals surface area contributed by atoms with Gasteiger partial charge in [-0.2, -0.15) is 0 Å². The lowest BCUT2D eigenvalue weighted by Gasteiger charge is -2.34. The van der Waals surface area contributed by atoms with E-state index in [9.17, 15) is 14.7 Å². The van der Waals surface area contributed by atoms with Crippen molar-refractivity contribution >= 4 is 12.0 Å². The van der Waals surface area contributed by atoms with Crippen molar-refractivity contribution in [2.75, 3.05) is 13.1 Å². The van der Waals surface area contributed by atoms with Crippen LogP contribution in [0.1, 0.15) is 31.2 Å². The minimum absolute atomic E-state index is 0.181. The molecule has 7 nitrogen and oxygen atoms in total. The molecule has 2 amide bonds. The second-order valence-electron chi connectivity index (χ2n) is 7.57. The van der Waals surface area contributed by atoms with Crippen molar-refractivity contribution in [3.8, 4) is 0 Å². The van der Waals surface area contributed by atoms with Crippen LogP contribution in [0, 0.1) is 11.8 Å². The summed E-state index contributed by atoms with van der Waals surface area (Å²) in [6.45, 7) is 3.99. The number of hydrogen-bond donors (Lipinski definition) is 2. The number of carbonyl (C=O) groups is 2. The van der Waals surface area contributed by atoms with Gasteiger partial charge in [0.15, 0.2) is 0 Å². The number of imidazole rings is 1. The molecule has 1 fully saturated rings. The number of likely N-dealkylation sites (tertiary alicyclic amines) is 1. The van der Waals surface area contributed by atoms with E-state index >= 15 is 0 Å². The summed E-state index contributed by atoms with van der Waals surface area (Å²) in [4.78, 5) is 29.8. The maximum absolute atomic E-state index is 12.5. The van der Waals surface area contributed by atoms with Crippen molar-refractivity contribution in [3.05, 3.63) is 54.1 Å². The monoisotopic (exact) mass is 384 g/mol. The minimum Gasteiger partial charge on any atom is -0.481 e. The number of aliphatic carboxylic acids is 1. The molecule has 2 unspecified atom stereocenters. The Kier molecular flexibility index (Phi) is 6.68. The van der Waals surface area contributed by atoms with Gasteiger partial charge in [0.25, 0.3) is 0 Å². The lowest BCUT2D eigenvalue weighted by molar-refractivity contribution is -0.143. The highest BCUT2D eigenvalue weighted by Gasteiger charge is 2.31. The summed E-state index contributed by atoms with van der Waals surface area (Å²) in [5.41, 5.74) is 1.31. The Morgan fingerprint density at radius 1 is 1.25 bits per heavy atom. The minimum atomic E-state index is -0.835. The Labute approximate surface area is 165 Å². The van der Waals surface area contributed by atoms with Crippen molar-refractivity contribution < 1.29 is 14.7 Å². The molecule has 0 bridgehead atoms. The van der Waals surface area contributed by atoms with E-state index in [-0.39, 0.29) is 18.5 Å². The molecule has 1 aromatic carbocycles. The van der Waals surface area contributed by atoms with Gasteiger partial charge in [-0.15, -0.1) is 0 Å². The van der Waals surface area contributed by atoms with Crippen LogP contribution >= 0.6 is 0 Å². The van der Waals surface area contributed by atoms with Crippen molar-refractivity contribution in [2.45, 2.75) is 39.3 Å². The average Bonchev–Trinajstić information content (AvgIpc) is 3.13. The quantitative estimate of drug-likeness (QED) is 0.768. The van der Waals surface area contributed by atoms with Gasteiger partial charge in [0.1, 0.15) is 5.82 Å². The first kappa shape index (κ1) is 19.9. The number of carboxylic acid groups (broad SMARTS) is 1. The van der Waals surface area contributed by atoms with Gasteiger partial charge in [0.05, 0.1) is 12.5 Å². The van der Waals surface area contributed by atoms with E-state index in [2.05, 4.69) is 27.0 Å². The Balaban J connectivity index is 1.49. The fraction of sp³-hybridized carbons (Fsp3) is 0.476. The van der Waals surface area contributed by atoms with Gasteiger partial charge in [-0.05, 0) is 30.7 Å². The third kappa shape index (κ3) is 5.34. The Hall–Kier alpha value is -2.83. The average molecular weight is 384 g/mol. The maximum atomic E-state index is 12.5. The number of hydrogen-bond acceptors (Lipinski definition) is 3. The largest absolute Gasteiger partial charge is 0.481 e. The van der Waals surface area contributed by atoms with Gasteiger partial charge >= 0.3 is 12.0 Å². The van der Waals surface area contributed by atoms with Gasteiger partial charge < -0.3 is 19.9 Å². The zero-order valence-corrected chi connectivity index (χ0v) is 16.3. The first-order valence-electron chi connectivity index (χ1n) is 9.82. The third-order valence-electron chi connectivity index (χ3n) is 5.20. The normalized spacial score (nSPS) is 19.4. The van der Waals surface area contributed by atoms with Crippen LogP contribution in [0.2, 0.25) is 0 Å². The number of amides is 2. The van der Waals surface area contributed by atoms with Gasteiger partial charge in [-0.25, -0.2) is 9.78 Å². The van der Waals surface area contributed by atoms with Gasteiger partial charge in [-0.1, -0.05) is 37.3 Å². The molecule has 0 spiro atoms. The summed E-state index contributed by atoms with van der Waals surface area (Å²) < 4.78 is 2.06. The third-order valence-corrected chi connectivity index (χ3v) is 5.20. The predicted molar refractivity (Wildman–Crippen MR) is 106 cm³/mol. The van der Waals surface area contributed by atoms with Crippen molar-refractivity contribution in [2.24, 2.45) is 11.8 Å². The van der Waals surface area contributed by atoms with Crippen LogP contribution in [0.15, 0.2) is 42.7 Å². The Morgan fingerprint density at radius 3 is 2.79 bits per heavy atom. The number of nitrogens with zero attached hydrogens (tertiary/aromatic N) is 3. The van der Waals surface area contributed by atoms with E-state index < -0.39 is 11.9 Å². The fourth-order valence-electron chi connectivity index (χ4n) is 3.77. The molecule has 1 aliphatic heterocycles. The molecule has 2 heterocycles. The topological polar surface area (TPSA) is 87.5 Å². The first-order valence-corrected chi connectivity index (χ1v) is 9.82. The van der Waals surface area contributed by atoms with E-state index in [4.69, 9.17) is 0 Å². The molecule has 0 aliphatic carbocycles. The smallest absolute Gasteiger partial charge is 0.317 e. The Morgan fingerprint density at radius 2 is 2.04 bits per heavy atom. The molecule has 2 atom stereocenters. The van der Waals surface area contributed by atoms with Crippen LogP contribution in [0.4, 0.5) is 4.79 Å². The molecule has 2 N–H and O–H groups in total. The molecule has 150 valence electrons. The molecule has 0 radical (unpaired) electrons. The molecule has 2 aromatic rings. The molecule has 28 heavy (non-hydrogen) atoms. The second kappa shape index (κ2) is 9.39. The number of carbonyl (C=O) groups excluding carboxylic acids is 1. The maximum Gasteiger partial charge on any atom is 0.317 e. The Bertz CT molecular complexity index is 790. The van der Waals surface area contributed by atoms with E-state index in [1.165, 1.54) is 5.56 Å². The number of benzene rings is 1. The lowest BCUT2D eigenvalue weighted by Crippen LogP contribution is -2.49. The first-order chi connectivity index (χ1) is 13.5. The SMILES string of the molecule is CC1CC(C(=O)O)CN(C(=O)NCc2nccn2CCCc2ccccc2)C1. The second-order valence-corrected chi connectivity index (χ2v) is 7.57. The van der Waals surface area contributed by atoms with E-state index in [1.54, 1.807) is 11.1 Å².